The van der Waals surface area contributed by atoms with Gasteiger partial charge in [0.15, 0.2) is 0 Å². The monoisotopic (exact) mass is 383 g/mol. The van der Waals surface area contributed by atoms with E-state index < -0.39 is 6.55 Å². The summed E-state index contributed by atoms with van der Waals surface area (Å²) < 4.78 is 28.1. The van der Waals surface area contributed by atoms with Crippen molar-refractivity contribution in [2.24, 2.45) is 0 Å². The number of thiophene rings is 1. The molecule has 2 aromatic carbocycles. The maximum absolute atomic E-state index is 13.6. The molecule has 4 rings (SSSR count). The van der Waals surface area contributed by atoms with Crippen molar-refractivity contribution < 1.29 is 13.6 Å². The molecule has 0 spiro atoms. The molecule has 7 heteroatoms. The molecule has 0 radical (unpaired) electrons. The lowest BCUT2D eigenvalue weighted by Crippen LogP contribution is -2.13. The number of imidazole rings is 1. The van der Waals surface area contributed by atoms with Crippen LogP contribution < -0.4 is 5.32 Å². The predicted molar refractivity (Wildman–Crippen MR) is 103 cm³/mol. The Balaban J connectivity index is 1.58. The molecular weight excluding hydrogens is 368 g/mol. The number of rotatable bonds is 5. The number of hydrogen-bond acceptors (Lipinski definition) is 3. The third kappa shape index (κ3) is 3.59. The van der Waals surface area contributed by atoms with E-state index in [-0.39, 0.29) is 11.7 Å². The van der Waals surface area contributed by atoms with E-state index in [1.54, 1.807) is 59.9 Å². The third-order valence-corrected chi connectivity index (χ3v) is 4.89. The Morgan fingerprint density at radius 2 is 1.89 bits per heavy atom. The maximum atomic E-state index is 13.6. The number of aromatic nitrogens is 2. The van der Waals surface area contributed by atoms with E-state index in [4.69, 9.17) is 0 Å². The number of para-hydroxylation sites is 2. The summed E-state index contributed by atoms with van der Waals surface area (Å²) in [5.41, 5.74) is 3.03. The first-order chi connectivity index (χ1) is 13.1. The van der Waals surface area contributed by atoms with Gasteiger partial charge in [0.2, 0.25) is 5.91 Å². The molecule has 27 heavy (non-hydrogen) atoms. The number of anilines is 1. The predicted octanol–water partition coefficient (Wildman–Crippen LogP) is 5.34. The molecule has 4 nitrogen and oxygen atoms in total. The molecule has 0 aliphatic heterocycles. The van der Waals surface area contributed by atoms with Gasteiger partial charge in [-0.25, -0.2) is 4.98 Å². The zero-order valence-corrected chi connectivity index (χ0v) is 14.9. The number of nitrogens with one attached hydrogen (secondary N) is 1. The number of fused-ring (bicyclic) bond motifs is 1. The molecule has 0 aliphatic rings. The second kappa shape index (κ2) is 7.28. The van der Waals surface area contributed by atoms with Gasteiger partial charge in [-0.3, -0.25) is 9.36 Å². The van der Waals surface area contributed by atoms with Crippen LogP contribution in [0.2, 0.25) is 0 Å². The number of alkyl halides is 2. The van der Waals surface area contributed by atoms with Crippen molar-refractivity contribution in [1.29, 1.82) is 0 Å². The van der Waals surface area contributed by atoms with Crippen LogP contribution in [0.3, 0.4) is 0 Å². The van der Waals surface area contributed by atoms with E-state index in [9.17, 15) is 13.6 Å². The Morgan fingerprint density at radius 3 is 2.59 bits per heavy atom. The van der Waals surface area contributed by atoms with E-state index >= 15 is 0 Å². The van der Waals surface area contributed by atoms with Gasteiger partial charge in [0.05, 0.1) is 17.5 Å². The number of benzene rings is 2. The molecule has 0 unspecified atom stereocenters. The first kappa shape index (κ1) is 17.4. The molecule has 1 amide bonds. The van der Waals surface area contributed by atoms with Gasteiger partial charge in [0.1, 0.15) is 5.82 Å². The fourth-order valence-electron chi connectivity index (χ4n) is 2.93. The zero-order valence-electron chi connectivity index (χ0n) is 14.1. The van der Waals surface area contributed by atoms with Crippen molar-refractivity contribution in [3.63, 3.8) is 0 Å². The number of carbonyl (C=O) groups excluding carboxylic acids is 1. The zero-order chi connectivity index (χ0) is 18.8. The fraction of sp³-hybridized carbons (Fsp3) is 0.100. The van der Waals surface area contributed by atoms with Crippen molar-refractivity contribution in [1.82, 2.24) is 9.55 Å². The molecule has 0 fully saturated rings. The van der Waals surface area contributed by atoms with Gasteiger partial charge >= 0.3 is 6.55 Å². The van der Waals surface area contributed by atoms with E-state index in [0.717, 1.165) is 10.1 Å². The van der Waals surface area contributed by atoms with Crippen LogP contribution in [0, 0.1) is 0 Å². The topological polar surface area (TPSA) is 46.9 Å². The Kier molecular flexibility index (Phi) is 4.68. The van der Waals surface area contributed by atoms with Crippen LogP contribution in [0.25, 0.3) is 22.4 Å². The van der Waals surface area contributed by atoms with Gasteiger partial charge in [-0.05, 0) is 58.8 Å². The Bertz CT molecular complexity index is 1070. The van der Waals surface area contributed by atoms with Crippen LogP contribution in [-0.2, 0) is 11.2 Å². The molecule has 0 atom stereocenters. The quantitative estimate of drug-likeness (QED) is 0.506. The fourth-order valence-corrected chi connectivity index (χ4v) is 3.60. The number of amides is 1. The van der Waals surface area contributed by atoms with Crippen molar-refractivity contribution >= 4 is 34.0 Å². The molecule has 136 valence electrons. The Hall–Kier alpha value is -3.06. The van der Waals surface area contributed by atoms with Crippen LogP contribution in [0.15, 0.2) is 65.4 Å². The Morgan fingerprint density at radius 1 is 1.11 bits per heavy atom. The number of hydrogen-bond donors (Lipinski definition) is 1. The van der Waals surface area contributed by atoms with Gasteiger partial charge < -0.3 is 5.32 Å². The van der Waals surface area contributed by atoms with E-state index in [2.05, 4.69) is 10.3 Å². The number of carbonyl (C=O) groups is 1. The summed E-state index contributed by atoms with van der Waals surface area (Å²) in [5.74, 6) is 0.0725. The number of halogens is 2. The highest BCUT2D eigenvalue weighted by Gasteiger charge is 2.18. The van der Waals surface area contributed by atoms with E-state index in [0.29, 0.717) is 28.7 Å². The summed E-state index contributed by atoms with van der Waals surface area (Å²) >= 11 is 1.54. The molecular formula is C20H15F2N3OS. The van der Waals surface area contributed by atoms with Crippen molar-refractivity contribution in [2.45, 2.75) is 13.0 Å². The largest absolute Gasteiger partial charge is 0.326 e. The van der Waals surface area contributed by atoms with Gasteiger partial charge in [-0.1, -0.05) is 12.1 Å². The lowest BCUT2D eigenvalue weighted by molar-refractivity contribution is -0.115. The molecule has 4 aromatic rings. The van der Waals surface area contributed by atoms with Crippen molar-refractivity contribution in [3.05, 3.63) is 70.9 Å². The minimum atomic E-state index is -2.70. The summed E-state index contributed by atoms with van der Waals surface area (Å²) in [5, 5.41) is 6.66. The molecule has 2 aromatic heterocycles. The summed E-state index contributed by atoms with van der Waals surface area (Å²) in [4.78, 5) is 16.4. The first-order valence-corrected chi connectivity index (χ1v) is 9.22. The lowest BCUT2D eigenvalue weighted by Gasteiger charge is -2.09. The van der Waals surface area contributed by atoms with E-state index in [1.165, 1.54) is 0 Å². The third-order valence-electron chi connectivity index (χ3n) is 4.16. The normalized spacial score (nSPS) is 11.2. The molecule has 2 heterocycles. The highest BCUT2D eigenvalue weighted by atomic mass is 32.1. The number of nitrogens with zero attached hydrogens (tertiary/aromatic N) is 2. The molecule has 0 saturated carbocycles. The van der Waals surface area contributed by atoms with Gasteiger partial charge in [0, 0.05) is 11.3 Å². The maximum Gasteiger partial charge on any atom is 0.320 e. The summed E-state index contributed by atoms with van der Waals surface area (Å²) in [7, 11) is 0. The van der Waals surface area contributed by atoms with Crippen LogP contribution in [-0.4, -0.2) is 15.5 Å². The molecule has 0 aliphatic carbocycles. The van der Waals surface area contributed by atoms with Crippen LogP contribution in [0.5, 0.6) is 0 Å². The molecule has 1 N–H and O–H groups in total. The van der Waals surface area contributed by atoms with Crippen molar-refractivity contribution in [3.8, 4) is 11.4 Å². The SMILES string of the molecule is O=C(Cc1ccsc1)Nc1ccc(-c2nc3ccccc3n2C(F)F)cc1. The van der Waals surface area contributed by atoms with Gasteiger partial charge in [-0.2, -0.15) is 20.1 Å². The van der Waals surface area contributed by atoms with Crippen LogP contribution >= 0.6 is 11.3 Å². The summed E-state index contributed by atoms with van der Waals surface area (Å²) in [6, 6.07) is 15.4. The van der Waals surface area contributed by atoms with Crippen molar-refractivity contribution in [2.75, 3.05) is 5.32 Å². The molecule has 0 bridgehead atoms. The van der Waals surface area contributed by atoms with Crippen LogP contribution in [0.4, 0.5) is 14.5 Å². The van der Waals surface area contributed by atoms with E-state index in [1.807, 2.05) is 16.8 Å². The standard InChI is InChI=1S/C20H15F2N3OS/c21-20(22)25-17-4-2-1-3-16(17)24-19(25)14-5-7-15(8-6-14)23-18(26)11-13-9-10-27-12-13/h1-10,12,20H,11H2,(H,23,26). The summed E-state index contributed by atoms with van der Waals surface area (Å²) in [6.07, 6.45) is 0.298. The second-order valence-corrected chi connectivity index (χ2v) is 6.79. The summed E-state index contributed by atoms with van der Waals surface area (Å²) in [6.45, 7) is -2.70. The average molecular weight is 383 g/mol. The minimum Gasteiger partial charge on any atom is -0.326 e. The first-order valence-electron chi connectivity index (χ1n) is 8.28. The van der Waals surface area contributed by atoms with Crippen LogP contribution in [0.1, 0.15) is 12.1 Å². The Labute approximate surface area is 158 Å². The second-order valence-electron chi connectivity index (χ2n) is 6.01. The smallest absolute Gasteiger partial charge is 0.320 e. The lowest BCUT2D eigenvalue weighted by atomic mass is 10.2. The minimum absolute atomic E-state index is 0.124. The highest BCUT2D eigenvalue weighted by Crippen LogP contribution is 2.30. The van der Waals surface area contributed by atoms with Gasteiger partial charge in [-0.15, -0.1) is 0 Å². The average Bonchev–Trinajstić information content (AvgIpc) is 3.29. The highest BCUT2D eigenvalue weighted by molar-refractivity contribution is 7.08. The molecule has 0 saturated heterocycles. The van der Waals surface area contributed by atoms with Gasteiger partial charge in [0.25, 0.3) is 0 Å².